The second kappa shape index (κ2) is 12.5. The largest absolute Gasteiger partial charge is 0.497 e. The van der Waals surface area contributed by atoms with E-state index in [9.17, 15) is 14.4 Å². The summed E-state index contributed by atoms with van der Waals surface area (Å²) in [5.74, 6) is -0.996. The number of ether oxygens (including phenoxy) is 2. The number of aryl methyl sites for hydroxylation is 1. The number of nitrogens with one attached hydrogen (secondary N) is 3. The predicted molar refractivity (Wildman–Crippen MR) is 134 cm³/mol. The Morgan fingerprint density at radius 2 is 1.60 bits per heavy atom. The van der Waals surface area contributed by atoms with Crippen LogP contribution in [0.2, 0.25) is 0 Å². The Morgan fingerprint density at radius 3 is 2.29 bits per heavy atom. The summed E-state index contributed by atoms with van der Waals surface area (Å²) in [5, 5.41) is 9.03. The zero-order valence-corrected chi connectivity index (χ0v) is 19.4. The molecule has 0 aliphatic rings. The first kappa shape index (κ1) is 25.0. The van der Waals surface area contributed by atoms with Crippen molar-refractivity contribution in [2.45, 2.75) is 13.3 Å². The van der Waals surface area contributed by atoms with Crippen LogP contribution in [-0.4, -0.2) is 37.7 Å². The maximum Gasteiger partial charge on any atom is 0.329 e. The number of hydrazone groups is 1. The first-order chi connectivity index (χ1) is 17.0. The highest BCUT2D eigenvalue weighted by Crippen LogP contribution is 2.16. The van der Waals surface area contributed by atoms with E-state index in [-0.39, 0.29) is 12.5 Å². The number of anilines is 2. The van der Waals surface area contributed by atoms with Gasteiger partial charge in [0.05, 0.1) is 13.3 Å². The van der Waals surface area contributed by atoms with Gasteiger partial charge in [0.1, 0.15) is 11.5 Å². The van der Waals surface area contributed by atoms with Crippen LogP contribution in [-0.2, 0) is 20.8 Å². The molecule has 35 heavy (non-hydrogen) atoms. The third kappa shape index (κ3) is 8.01. The van der Waals surface area contributed by atoms with Gasteiger partial charge < -0.3 is 20.1 Å². The van der Waals surface area contributed by atoms with Crippen molar-refractivity contribution >= 4 is 35.3 Å². The van der Waals surface area contributed by atoms with Gasteiger partial charge in [0.25, 0.3) is 5.91 Å². The van der Waals surface area contributed by atoms with Crippen LogP contribution in [0.25, 0.3) is 0 Å². The van der Waals surface area contributed by atoms with Gasteiger partial charge in [0.15, 0.2) is 6.61 Å². The fourth-order valence-corrected chi connectivity index (χ4v) is 2.92. The van der Waals surface area contributed by atoms with Gasteiger partial charge in [-0.1, -0.05) is 25.1 Å². The van der Waals surface area contributed by atoms with Crippen LogP contribution in [0.3, 0.4) is 0 Å². The van der Waals surface area contributed by atoms with Gasteiger partial charge in [-0.25, -0.2) is 5.43 Å². The number of amides is 3. The number of methoxy groups -OCH3 is 1. The van der Waals surface area contributed by atoms with Crippen LogP contribution in [0.1, 0.15) is 18.1 Å². The molecule has 0 saturated carbocycles. The molecule has 3 N–H and O–H groups in total. The van der Waals surface area contributed by atoms with Crippen LogP contribution in [0.5, 0.6) is 11.5 Å². The fourth-order valence-electron chi connectivity index (χ4n) is 2.92. The highest BCUT2D eigenvalue weighted by Gasteiger charge is 2.13. The number of hydrogen-bond acceptors (Lipinski definition) is 6. The molecule has 180 valence electrons. The zero-order valence-electron chi connectivity index (χ0n) is 19.4. The molecule has 0 saturated heterocycles. The van der Waals surface area contributed by atoms with Gasteiger partial charge in [-0.15, -0.1) is 0 Å². The lowest BCUT2D eigenvalue weighted by molar-refractivity contribution is -0.136. The van der Waals surface area contributed by atoms with Crippen LogP contribution in [0, 0.1) is 0 Å². The number of carbonyl (C=O) groups is 3. The van der Waals surface area contributed by atoms with Crippen molar-refractivity contribution in [3.63, 3.8) is 0 Å². The summed E-state index contributed by atoms with van der Waals surface area (Å²) in [6, 6.07) is 21.0. The minimum Gasteiger partial charge on any atom is -0.497 e. The molecule has 0 unspecified atom stereocenters. The van der Waals surface area contributed by atoms with Gasteiger partial charge in [-0.2, -0.15) is 5.10 Å². The summed E-state index contributed by atoms with van der Waals surface area (Å²) < 4.78 is 10.6. The van der Waals surface area contributed by atoms with Crippen molar-refractivity contribution < 1.29 is 23.9 Å². The molecule has 0 radical (unpaired) electrons. The van der Waals surface area contributed by atoms with E-state index < -0.39 is 11.8 Å². The van der Waals surface area contributed by atoms with Gasteiger partial charge >= 0.3 is 11.8 Å². The molecule has 3 rings (SSSR count). The number of benzene rings is 3. The third-order valence-electron chi connectivity index (χ3n) is 4.81. The quantitative estimate of drug-likeness (QED) is 0.250. The average Bonchev–Trinajstić information content (AvgIpc) is 2.88. The Kier molecular flexibility index (Phi) is 8.95. The molecule has 0 heterocycles. The van der Waals surface area contributed by atoms with Gasteiger partial charge in [-0.3, -0.25) is 14.4 Å². The van der Waals surface area contributed by atoms with E-state index in [1.807, 2.05) is 24.3 Å². The smallest absolute Gasteiger partial charge is 0.329 e. The maximum absolute atomic E-state index is 12.1. The molecule has 3 aromatic carbocycles. The molecule has 0 aromatic heterocycles. The molecule has 0 aliphatic heterocycles. The van der Waals surface area contributed by atoms with Crippen LogP contribution < -0.4 is 25.5 Å². The molecule has 0 bridgehead atoms. The van der Waals surface area contributed by atoms with Crippen LogP contribution in [0.4, 0.5) is 11.4 Å². The fraction of sp³-hybridized carbons (Fsp3) is 0.154. The lowest BCUT2D eigenvalue weighted by atomic mass is 10.1. The second-order valence-corrected chi connectivity index (χ2v) is 7.34. The van der Waals surface area contributed by atoms with Crippen LogP contribution >= 0.6 is 0 Å². The third-order valence-corrected chi connectivity index (χ3v) is 4.81. The van der Waals surface area contributed by atoms with E-state index in [4.69, 9.17) is 9.47 Å². The van der Waals surface area contributed by atoms with E-state index in [0.29, 0.717) is 28.4 Å². The lowest BCUT2D eigenvalue weighted by Gasteiger charge is -2.08. The molecule has 9 nitrogen and oxygen atoms in total. The second-order valence-electron chi connectivity index (χ2n) is 7.34. The average molecular weight is 475 g/mol. The van der Waals surface area contributed by atoms with Crippen molar-refractivity contribution in [1.29, 1.82) is 0 Å². The molecule has 0 spiro atoms. The Morgan fingerprint density at radius 1 is 0.857 bits per heavy atom. The van der Waals surface area contributed by atoms with E-state index in [1.165, 1.54) is 18.9 Å². The number of nitrogens with zero attached hydrogens (tertiary/aromatic N) is 1. The Balaban J connectivity index is 1.42. The maximum atomic E-state index is 12.1. The van der Waals surface area contributed by atoms with E-state index in [2.05, 4.69) is 28.1 Å². The minimum absolute atomic E-state index is 0.137. The first-order valence-corrected chi connectivity index (χ1v) is 10.9. The molecule has 0 atom stereocenters. The summed E-state index contributed by atoms with van der Waals surface area (Å²) in [7, 11) is 1.51. The molecule has 9 heteroatoms. The first-order valence-electron chi connectivity index (χ1n) is 10.9. The standard InChI is InChI=1S/C26H26N4O5/c1-3-18-7-11-20(12-8-18)28-24(31)17-35-22-13-9-19(10-14-22)16-27-30-26(33)25(32)29-21-5-4-6-23(15-21)34-2/h4-16H,3,17H2,1-2H3,(H,28,31)(H,29,32)(H,30,33)/b27-16-. The monoisotopic (exact) mass is 474 g/mol. The number of hydrogen-bond donors (Lipinski definition) is 3. The van der Waals surface area contributed by atoms with E-state index >= 15 is 0 Å². The summed E-state index contributed by atoms with van der Waals surface area (Å²) in [4.78, 5) is 36.0. The minimum atomic E-state index is -0.917. The molecule has 0 fully saturated rings. The van der Waals surface area contributed by atoms with Gasteiger partial charge in [-0.05, 0) is 66.1 Å². The highest BCUT2D eigenvalue weighted by molar-refractivity contribution is 6.39. The Bertz CT molecular complexity index is 1190. The summed E-state index contributed by atoms with van der Waals surface area (Å²) in [5.41, 5.74) is 5.15. The van der Waals surface area contributed by atoms with Crippen molar-refractivity contribution in [2.24, 2.45) is 5.10 Å². The highest BCUT2D eigenvalue weighted by atomic mass is 16.5. The predicted octanol–water partition coefficient (Wildman–Crippen LogP) is 3.36. The molecule has 0 aliphatic carbocycles. The number of carbonyl (C=O) groups excluding carboxylic acids is 3. The SMILES string of the molecule is CCc1ccc(NC(=O)COc2ccc(/C=N\NC(=O)C(=O)Nc3cccc(OC)c3)cc2)cc1. The summed E-state index contributed by atoms with van der Waals surface area (Å²) in [6.07, 6.45) is 2.32. The summed E-state index contributed by atoms with van der Waals surface area (Å²) in [6.45, 7) is 1.93. The van der Waals surface area contributed by atoms with Crippen molar-refractivity contribution in [3.05, 3.63) is 83.9 Å². The Labute approximate surface area is 203 Å². The van der Waals surface area contributed by atoms with Crippen molar-refractivity contribution in [2.75, 3.05) is 24.4 Å². The summed E-state index contributed by atoms with van der Waals surface area (Å²) >= 11 is 0. The van der Waals surface area contributed by atoms with Crippen LogP contribution in [0.15, 0.2) is 77.9 Å². The molecular formula is C26H26N4O5. The van der Waals surface area contributed by atoms with Gasteiger partial charge in [0, 0.05) is 17.4 Å². The van der Waals surface area contributed by atoms with Gasteiger partial charge in [0.2, 0.25) is 0 Å². The van der Waals surface area contributed by atoms with E-state index in [1.54, 1.807) is 48.5 Å². The van der Waals surface area contributed by atoms with E-state index in [0.717, 1.165) is 6.42 Å². The molecule has 3 aromatic rings. The normalized spacial score (nSPS) is 10.5. The number of rotatable bonds is 9. The zero-order chi connectivity index (χ0) is 25.0. The molecular weight excluding hydrogens is 448 g/mol. The topological polar surface area (TPSA) is 118 Å². The molecule has 3 amide bonds. The Hall–Kier alpha value is -4.66. The van der Waals surface area contributed by atoms with Crippen molar-refractivity contribution in [1.82, 2.24) is 5.43 Å². The van der Waals surface area contributed by atoms with Crippen molar-refractivity contribution in [3.8, 4) is 11.5 Å². The lowest BCUT2D eigenvalue weighted by Crippen LogP contribution is -2.32.